The number of benzene rings is 2. The van der Waals surface area contributed by atoms with Gasteiger partial charge in [-0.15, -0.1) is 0 Å². The predicted octanol–water partition coefficient (Wildman–Crippen LogP) is 6.86. The highest BCUT2D eigenvalue weighted by molar-refractivity contribution is 6.03. The number of hydrogen-bond donors (Lipinski definition) is 0. The van der Waals surface area contributed by atoms with Gasteiger partial charge in [-0.05, 0) is 69.1 Å². The zero-order chi connectivity index (χ0) is 21.2. The van der Waals surface area contributed by atoms with Crippen molar-refractivity contribution in [3.63, 3.8) is 0 Å². The smallest absolute Gasteiger partial charge is 0.182 e. The van der Waals surface area contributed by atoms with Crippen molar-refractivity contribution in [3.05, 3.63) is 59.2 Å². The molecule has 0 aliphatic heterocycles. The lowest BCUT2D eigenvalue weighted by atomic mass is 9.70. The van der Waals surface area contributed by atoms with E-state index < -0.39 is 5.54 Å². The van der Waals surface area contributed by atoms with Crippen LogP contribution in [-0.4, -0.2) is 30.3 Å². The summed E-state index contributed by atoms with van der Waals surface area (Å²) in [5, 5.41) is 0. The van der Waals surface area contributed by atoms with Crippen molar-refractivity contribution in [2.75, 3.05) is 14.1 Å². The van der Waals surface area contributed by atoms with Crippen molar-refractivity contribution >= 4 is 5.78 Å². The number of likely N-dealkylation sites (N-methyl/N-ethyl adjacent to an activating group) is 1. The Morgan fingerprint density at radius 2 is 1.48 bits per heavy atom. The molecular formula is C27H37NO. The largest absolute Gasteiger partial charge is 0.297 e. The van der Waals surface area contributed by atoms with Crippen molar-refractivity contribution in [2.24, 2.45) is 0 Å². The minimum Gasteiger partial charge on any atom is -0.297 e. The Labute approximate surface area is 177 Å². The normalized spacial score (nSPS) is 14.7. The number of carbonyl (C=O) groups is 1. The highest BCUT2D eigenvalue weighted by atomic mass is 16.1. The molecule has 156 valence electrons. The molecular weight excluding hydrogens is 354 g/mol. The quantitative estimate of drug-likeness (QED) is 0.435. The molecule has 0 saturated carbocycles. The van der Waals surface area contributed by atoms with E-state index in [1.807, 2.05) is 38.9 Å². The Kier molecular flexibility index (Phi) is 6.33. The summed E-state index contributed by atoms with van der Waals surface area (Å²) in [6.07, 6.45) is 7.11. The fourth-order valence-corrected chi connectivity index (χ4v) is 4.77. The lowest BCUT2D eigenvalue weighted by molar-refractivity contribution is 0.0755. The third-order valence-corrected chi connectivity index (χ3v) is 7.12. The average Bonchev–Trinajstić information content (AvgIpc) is 2.99. The standard InChI is InChI=1S/C27H37NO/c1-7-9-17-27(18-10-8-2)23-14-12-11-13-21(23)22-16-15-20(19-24(22)27)25(29)26(3,4)28(5)6/h11-16,19H,7-10,17-18H2,1-6H3. The van der Waals surface area contributed by atoms with E-state index in [4.69, 9.17) is 0 Å². The highest BCUT2D eigenvalue weighted by Crippen LogP contribution is 2.54. The zero-order valence-electron chi connectivity index (χ0n) is 19.1. The predicted molar refractivity (Wildman–Crippen MR) is 124 cm³/mol. The summed E-state index contributed by atoms with van der Waals surface area (Å²) in [5.74, 6) is 0.195. The molecule has 1 aliphatic rings. The fraction of sp³-hybridized carbons (Fsp3) is 0.519. The van der Waals surface area contributed by atoms with E-state index in [0.717, 1.165) is 18.4 Å². The maximum atomic E-state index is 13.4. The van der Waals surface area contributed by atoms with Crippen molar-refractivity contribution in [3.8, 4) is 11.1 Å². The van der Waals surface area contributed by atoms with Gasteiger partial charge in [0.05, 0.1) is 5.54 Å². The van der Waals surface area contributed by atoms with Crippen LogP contribution >= 0.6 is 0 Å². The van der Waals surface area contributed by atoms with E-state index in [1.54, 1.807) is 0 Å². The Bertz CT molecular complexity index is 870. The summed E-state index contributed by atoms with van der Waals surface area (Å²) in [5.41, 5.74) is 5.89. The number of ketones is 1. The zero-order valence-corrected chi connectivity index (χ0v) is 19.1. The molecule has 2 aromatic rings. The van der Waals surface area contributed by atoms with Crippen LogP contribution in [0.1, 0.15) is 87.7 Å². The molecule has 2 nitrogen and oxygen atoms in total. The highest BCUT2D eigenvalue weighted by Gasteiger charge is 2.42. The summed E-state index contributed by atoms with van der Waals surface area (Å²) in [7, 11) is 3.96. The molecule has 2 heteroatoms. The van der Waals surface area contributed by atoms with Crippen LogP contribution in [0.25, 0.3) is 11.1 Å². The van der Waals surface area contributed by atoms with E-state index in [0.29, 0.717) is 0 Å². The van der Waals surface area contributed by atoms with Crippen LogP contribution in [-0.2, 0) is 5.41 Å². The van der Waals surface area contributed by atoms with Crippen molar-refractivity contribution in [2.45, 2.75) is 77.2 Å². The maximum Gasteiger partial charge on any atom is 0.182 e. The van der Waals surface area contributed by atoms with Crippen LogP contribution in [0, 0.1) is 0 Å². The second-order valence-electron chi connectivity index (χ2n) is 9.38. The third-order valence-electron chi connectivity index (χ3n) is 7.12. The van der Waals surface area contributed by atoms with Crippen LogP contribution in [0.15, 0.2) is 42.5 Å². The van der Waals surface area contributed by atoms with Gasteiger partial charge in [0.1, 0.15) is 0 Å². The van der Waals surface area contributed by atoms with Gasteiger partial charge in [0, 0.05) is 11.0 Å². The lowest BCUT2D eigenvalue weighted by Crippen LogP contribution is -2.45. The molecule has 0 amide bonds. The number of carbonyl (C=O) groups excluding carboxylic acids is 1. The summed E-state index contributed by atoms with van der Waals surface area (Å²) in [4.78, 5) is 15.4. The number of fused-ring (bicyclic) bond motifs is 3. The molecule has 0 bridgehead atoms. The van der Waals surface area contributed by atoms with Gasteiger partial charge in [0.2, 0.25) is 0 Å². The number of Topliss-reactive ketones (excluding diaryl/α,β-unsaturated/α-hetero) is 1. The van der Waals surface area contributed by atoms with E-state index in [-0.39, 0.29) is 11.2 Å². The van der Waals surface area contributed by atoms with Crippen LogP contribution in [0.4, 0.5) is 0 Å². The fourth-order valence-electron chi connectivity index (χ4n) is 4.77. The Morgan fingerprint density at radius 1 is 0.897 bits per heavy atom. The van der Waals surface area contributed by atoms with Crippen molar-refractivity contribution in [1.82, 2.24) is 4.90 Å². The first-order valence-corrected chi connectivity index (χ1v) is 11.3. The molecule has 29 heavy (non-hydrogen) atoms. The van der Waals surface area contributed by atoms with Gasteiger partial charge in [-0.2, -0.15) is 0 Å². The molecule has 0 aromatic heterocycles. The molecule has 2 aromatic carbocycles. The van der Waals surface area contributed by atoms with E-state index in [1.165, 1.54) is 47.9 Å². The van der Waals surface area contributed by atoms with E-state index >= 15 is 0 Å². The lowest BCUT2D eigenvalue weighted by Gasteiger charge is -2.34. The molecule has 0 atom stereocenters. The first-order chi connectivity index (χ1) is 13.8. The molecule has 1 aliphatic carbocycles. The maximum absolute atomic E-state index is 13.4. The number of unbranched alkanes of at least 4 members (excludes halogenated alkanes) is 2. The van der Waals surface area contributed by atoms with Gasteiger partial charge in [-0.1, -0.05) is 75.9 Å². The van der Waals surface area contributed by atoms with Crippen LogP contribution in [0.2, 0.25) is 0 Å². The van der Waals surface area contributed by atoms with E-state index in [2.05, 4.69) is 50.2 Å². The Hall–Kier alpha value is -1.93. The Balaban J connectivity index is 2.18. The summed E-state index contributed by atoms with van der Waals surface area (Å²) >= 11 is 0. The number of rotatable bonds is 9. The SMILES string of the molecule is CCCCC1(CCCC)c2ccccc2-c2ccc(C(=O)C(C)(C)N(C)C)cc21. The van der Waals surface area contributed by atoms with Gasteiger partial charge < -0.3 is 0 Å². The van der Waals surface area contributed by atoms with Crippen LogP contribution in [0.5, 0.6) is 0 Å². The molecule has 0 radical (unpaired) electrons. The third kappa shape index (κ3) is 3.68. The molecule has 0 unspecified atom stereocenters. The van der Waals surface area contributed by atoms with E-state index in [9.17, 15) is 4.79 Å². The number of nitrogens with zero attached hydrogens (tertiary/aromatic N) is 1. The van der Waals surface area contributed by atoms with Crippen LogP contribution in [0.3, 0.4) is 0 Å². The van der Waals surface area contributed by atoms with Crippen molar-refractivity contribution < 1.29 is 4.79 Å². The first-order valence-electron chi connectivity index (χ1n) is 11.3. The first kappa shape index (κ1) is 21.8. The summed E-state index contributed by atoms with van der Waals surface area (Å²) in [6, 6.07) is 15.4. The second kappa shape index (κ2) is 8.44. The number of hydrogen-bond acceptors (Lipinski definition) is 2. The second-order valence-corrected chi connectivity index (χ2v) is 9.38. The summed E-state index contributed by atoms with van der Waals surface area (Å²) in [6.45, 7) is 8.57. The van der Waals surface area contributed by atoms with Gasteiger partial charge in [0.15, 0.2) is 5.78 Å². The van der Waals surface area contributed by atoms with Gasteiger partial charge in [-0.25, -0.2) is 0 Å². The molecule has 0 spiro atoms. The molecule has 3 rings (SSSR count). The summed E-state index contributed by atoms with van der Waals surface area (Å²) < 4.78 is 0. The Morgan fingerprint density at radius 3 is 2.07 bits per heavy atom. The molecule has 0 N–H and O–H groups in total. The van der Waals surface area contributed by atoms with Gasteiger partial charge in [-0.3, -0.25) is 9.69 Å². The van der Waals surface area contributed by atoms with Crippen molar-refractivity contribution in [1.29, 1.82) is 0 Å². The molecule has 0 saturated heterocycles. The molecule has 0 fully saturated rings. The van der Waals surface area contributed by atoms with Gasteiger partial charge >= 0.3 is 0 Å². The van der Waals surface area contributed by atoms with Gasteiger partial charge in [0.25, 0.3) is 0 Å². The average molecular weight is 392 g/mol. The molecule has 0 heterocycles. The minimum absolute atomic E-state index is 0.0382. The van der Waals surface area contributed by atoms with Crippen LogP contribution < -0.4 is 0 Å². The monoisotopic (exact) mass is 391 g/mol. The topological polar surface area (TPSA) is 20.3 Å². The minimum atomic E-state index is -0.519.